The molecule has 0 radical (unpaired) electrons. The van der Waals surface area contributed by atoms with Crippen LogP contribution in [0.25, 0.3) is 11.1 Å². The van der Waals surface area contributed by atoms with Crippen molar-refractivity contribution in [1.29, 1.82) is 0 Å². The number of hydrogen-bond acceptors (Lipinski definition) is 8. The number of nitrogens with zero attached hydrogens (tertiary/aromatic N) is 3. The topological polar surface area (TPSA) is 99.0 Å². The standard InChI is InChI=1S/C26H24N4O5/c1-3-30(24-16-32-23(15-33-24)17-7-5-4-6-8-17)26-29-20-10-9-18(14-22(20)35-26)34-19-11-12-28-21(13-19)25(31)27-2/h4-5,7,9-16H,3,6,8H2,1-2H3,(H,27,31). The summed E-state index contributed by atoms with van der Waals surface area (Å²) in [4.78, 5) is 22.2. The number of anilines is 1. The summed E-state index contributed by atoms with van der Waals surface area (Å²) in [7, 11) is 1.55. The second-order valence-corrected chi connectivity index (χ2v) is 7.76. The first-order valence-electron chi connectivity index (χ1n) is 11.3. The molecule has 5 rings (SSSR count). The van der Waals surface area contributed by atoms with Gasteiger partial charge in [-0.15, -0.1) is 0 Å². The van der Waals surface area contributed by atoms with E-state index in [0.29, 0.717) is 46.8 Å². The third kappa shape index (κ3) is 4.74. The Kier molecular flexibility index (Phi) is 6.21. The summed E-state index contributed by atoms with van der Waals surface area (Å²) in [5, 5.41) is 2.54. The van der Waals surface area contributed by atoms with Crippen molar-refractivity contribution in [2.24, 2.45) is 0 Å². The molecule has 2 aromatic heterocycles. The predicted octanol–water partition coefficient (Wildman–Crippen LogP) is 5.16. The number of benzene rings is 1. The van der Waals surface area contributed by atoms with E-state index in [1.165, 1.54) is 6.20 Å². The predicted molar refractivity (Wildman–Crippen MR) is 130 cm³/mol. The average molecular weight is 473 g/mol. The van der Waals surface area contributed by atoms with Gasteiger partial charge >= 0.3 is 6.01 Å². The van der Waals surface area contributed by atoms with E-state index in [0.717, 1.165) is 18.4 Å². The van der Waals surface area contributed by atoms with E-state index >= 15 is 0 Å². The van der Waals surface area contributed by atoms with Gasteiger partial charge in [0.15, 0.2) is 17.6 Å². The number of nitrogens with one attached hydrogen (secondary N) is 1. The average Bonchev–Trinajstić information content (AvgIpc) is 3.32. The van der Waals surface area contributed by atoms with Crippen LogP contribution in [0.2, 0.25) is 0 Å². The minimum absolute atomic E-state index is 0.267. The summed E-state index contributed by atoms with van der Waals surface area (Å²) < 4.78 is 23.6. The lowest BCUT2D eigenvalue weighted by Crippen LogP contribution is -2.24. The van der Waals surface area contributed by atoms with Crippen LogP contribution in [-0.4, -0.2) is 29.5 Å². The van der Waals surface area contributed by atoms with Crippen LogP contribution in [0.4, 0.5) is 6.01 Å². The molecule has 1 amide bonds. The van der Waals surface area contributed by atoms with Gasteiger partial charge in [-0.3, -0.25) is 14.7 Å². The Bertz CT molecular complexity index is 1390. The second-order valence-electron chi connectivity index (χ2n) is 7.76. The van der Waals surface area contributed by atoms with E-state index in [9.17, 15) is 4.79 Å². The summed E-state index contributed by atoms with van der Waals surface area (Å²) in [5.74, 6) is 1.91. The SMILES string of the molecule is CCN(C1=COC(C2=CC=CCC2)=CO1)c1nc2ccc(Oc3ccnc(C(=O)NC)c3)cc2o1. The van der Waals surface area contributed by atoms with Crippen LogP contribution in [0, 0.1) is 0 Å². The molecule has 35 heavy (non-hydrogen) atoms. The maximum atomic E-state index is 11.8. The van der Waals surface area contributed by atoms with Gasteiger partial charge < -0.3 is 23.9 Å². The second kappa shape index (κ2) is 9.76. The molecule has 9 nitrogen and oxygen atoms in total. The third-order valence-electron chi connectivity index (χ3n) is 5.49. The molecule has 2 aliphatic rings. The van der Waals surface area contributed by atoms with E-state index in [1.54, 1.807) is 54.8 Å². The molecule has 0 saturated heterocycles. The third-order valence-corrected chi connectivity index (χ3v) is 5.49. The lowest BCUT2D eigenvalue weighted by Gasteiger charge is -2.24. The van der Waals surface area contributed by atoms with E-state index in [-0.39, 0.29) is 11.6 Å². The Morgan fingerprint density at radius 3 is 2.80 bits per heavy atom. The van der Waals surface area contributed by atoms with Crippen molar-refractivity contribution < 1.29 is 23.4 Å². The smallest absolute Gasteiger partial charge is 0.305 e. The van der Waals surface area contributed by atoms with Crippen LogP contribution in [-0.2, 0) is 9.47 Å². The zero-order valence-electron chi connectivity index (χ0n) is 19.4. The van der Waals surface area contributed by atoms with Gasteiger partial charge in [0, 0.05) is 31.9 Å². The summed E-state index contributed by atoms with van der Waals surface area (Å²) in [6.07, 6.45) is 12.8. The number of oxazole rings is 1. The number of aromatic nitrogens is 2. The minimum Gasteiger partial charge on any atom is -0.457 e. The molecule has 178 valence electrons. The number of amides is 1. The molecule has 0 bridgehead atoms. The number of carbonyl (C=O) groups excluding carboxylic acids is 1. The van der Waals surface area contributed by atoms with E-state index in [1.807, 2.05) is 19.1 Å². The normalized spacial score (nSPS) is 14.9. The zero-order chi connectivity index (χ0) is 24.2. The molecular formula is C26H24N4O5. The number of allylic oxidation sites excluding steroid dienone is 4. The Labute approximate surface area is 202 Å². The van der Waals surface area contributed by atoms with Crippen molar-refractivity contribution in [2.75, 3.05) is 18.5 Å². The van der Waals surface area contributed by atoms with Crippen molar-refractivity contribution >= 4 is 23.0 Å². The van der Waals surface area contributed by atoms with Crippen molar-refractivity contribution in [2.45, 2.75) is 19.8 Å². The number of pyridine rings is 1. The Morgan fingerprint density at radius 1 is 1.17 bits per heavy atom. The van der Waals surface area contributed by atoms with Crippen molar-refractivity contribution in [3.05, 3.63) is 90.2 Å². The maximum absolute atomic E-state index is 11.8. The van der Waals surface area contributed by atoms with Crippen LogP contribution in [0.3, 0.4) is 0 Å². The van der Waals surface area contributed by atoms with Gasteiger partial charge in [-0.05, 0) is 43.5 Å². The highest BCUT2D eigenvalue weighted by Crippen LogP contribution is 2.32. The van der Waals surface area contributed by atoms with E-state index in [4.69, 9.17) is 18.6 Å². The van der Waals surface area contributed by atoms with E-state index < -0.39 is 0 Å². The molecule has 0 spiro atoms. The highest BCUT2D eigenvalue weighted by Gasteiger charge is 2.22. The summed E-state index contributed by atoms with van der Waals surface area (Å²) >= 11 is 0. The molecule has 1 aliphatic carbocycles. The van der Waals surface area contributed by atoms with Gasteiger partial charge in [-0.25, -0.2) is 0 Å². The molecular weight excluding hydrogens is 448 g/mol. The fraction of sp³-hybridized carbons (Fsp3) is 0.192. The molecule has 0 unspecified atom stereocenters. The first kappa shape index (κ1) is 22.3. The first-order valence-corrected chi connectivity index (χ1v) is 11.3. The Hall–Kier alpha value is -4.53. The van der Waals surface area contributed by atoms with E-state index in [2.05, 4.69) is 21.4 Å². The molecule has 0 fully saturated rings. The van der Waals surface area contributed by atoms with Crippen LogP contribution < -0.4 is 15.0 Å². The van der Waals surface area contributed by atoms with Gasteiger partial charge in [0.1, 0.15) is 29.0 Å². The molecule has 1 N–H and O–H groups in total. The number of ether oxygens (including phenoxy) is 3. The van der Waals surface area contributed by atoms with Gasteiger partial charge in [-0.2, -0.15) is 4.98 Å². The number of rotatable bonds is 7. The fourth-order valence-electron chi connectivity index (χ4n) is 3.69. The molecule has 3 heterocycles. The van der Waals surface area contributed by atoms with Gasteiger partial charge in [0.25, 0.3) is 5.91 Å². The Morgan fingerprint density at radius 2 is 2.06 bits per heavy atom. The summed E-state index contributed by atoms with van der Waals surface area (Å²) in [5.41, 5.74) is 2.57. The highest BCUT2D eigenvalue weighted by atomic mass is 16.6. The zero-order valence-corrected chi connectivity index (χ0v) is 19.4. The minimum atomic E-state index is -0.289. The highest BCUT2D eigenvalue weighted by molar-refractivity contribution is 5.92. The van der Waals surface area contributed by atoms with Crippen LogP contribution in [0.15, 0.2) is 88.9 Å². The van der Waals surface area contributed by atoms with Gasteiger partial charge in [0.2, 0.25) is 5.88 Å². The molecule has 9 heteroatoms. The number of fused-ring (bicyclic) bond motifs is 1. The molecule has 0 saturated carbocycles. The lowest BCUT2D eigenvalue weighted by molar-refractivity contribution is 0.0958. The summed E-state index contributed by atoms with van der Waals surface area (Å²) in [6, 6.07) is 8.95. The van der Waals surface area contributed by atoms with Crippen LogP contribution in [0.1, 0.15) is 30.3 Å². The molecule has 3 aromatic rings. The first-order chi connectivity index (χ1) is 17.1. The molecule has 0 atom stereocenters. The molecule has 1 aromatic carbocycles. The number of hydrogen-bond donors (Lipinski definition) is 1. The van der Waals surface area contributed by atoms with Crippen molar-refractivity contribution in [3.8, 4) is 11.5 Å². The van der Waals surface area contributed by atoms with Crippen molar-refractivity contribution in [3.63, 3.8) is 0 Å². The summed E-state index contributed by atoms with van der Waals surface area (Å²) in [6.45, 7) is 2.52. The monoisotopic (exact) mass is 472 g/mol. The Balaban J connectivity index is 1.33. The molecule has 1 aliphatic heterocycles. The largest absolute Gasteiger partial charge is 0.457 e. The number of carbonyl (C=O) groups is 1. The quantitative estimate of drug-likeness (QED) is 0.503. The van der Waals surface area contributed by atoms with Crippen LogP contribution in [0.5, 0.6) is 11.5 Å². The van der Waals surface area contributed by atoms with Crippen molar-refractivity contribution in [1.82, 2.24) is 15.3 Å². The lowest BCUT2D eigenvalue weighted by atomic mass is 10.0. The van der Waals surface area contributed by atoms with Crippen LogP contribution >= 0.6 is 0 Å². The maximum Gasteiger partial charge on any atom is 0.305 e. The van der Waals surface area contributed by atoms with Gasteiger partial charge in [-0.1, -0.05) is 18.2 Å². The fourth-order valence-corrected chi connectivity index (χ4v) is 3.69. The van der Waals surface area contributed by atoms with Gasteiger partial charge in [0.05, 0.1) is 0 Å².